The van der Waals surface area contributed by atoms with E-state index in [-0.39, 0.29) is 12.8 Å². The van der Waals surface area contributed by atoms with Gasteiger partial charge in [-0.05, 0) is 32.7 Å². The molecule has 14 heavy (non-hydrogen) atoms. The molecule has 0 saturated carbocycles. The number of nitrogens with one attached hydrogen (secondary N) is 2. The molecule has 0 aromatic rings. The molecule has 1 amide bonds. The lowest BCUT2D eigenvalue weighted by Crippen LogP contribution is -2.50. The van der Waals surface area contributed by atoms with Gasteiger partial charge in [-0.15, -0.1) is 0 Å². The van der Waals surface area contributed by atoms with Crippen LogP contribution < -0.4 is 10.6 Å². The second-order valence-corrected chi connectivity index (χ2v) is 3.20. The molecule has 1 rings (SSSR count). The zero-order valence-corrected chi connectivity index (χ0v) is 8.34. The Morgan fingerprint density at radius 3 is 2.86 bits per heavy atom. The molecule has 0 aromatic heterocycles. The maximum atomic E-state index is 11.2. The molecule has 1 heterocycles. The fraction of sp³-hybridized carbons (Fsp3) is 0.778. The summed E-state index contributed by atoms with van der Waals surface area (Å²) >= 11 is 0. The quantitative estimate of drug-likeness (QED) is 0.477. The number of rotatable bonds is 2. The van der Waals surface area contributed by atoms with Gasteiger partial charge in [-0.2, -0.15) is 0 Å². The molecule has 0 aliphatic carbocycles. The highest BCUT2D eigenvalue weighted by atomic mass is 16.5. The van der Waals surface area contributed by atoms with Crippen molar-refractivity contribution in [1.82, 2.24) is 10.6 Å². The lowest BCUT2D eigenvalue weighted by atomic mass is 10.1. The zero-order valence-electron chi connectivity index (χ0n) is 8.34. The van der Waals surface area contributed by atoms with E-state index in [2.05, 4.69) is 15.4 Å². The van der Waals surface area contributed by atoms with E-state index < -0.39 is 11.9 Å². The Labute approximate surface area is 83.2 Å². The molecule has 1 aliphatic heterocycles. The first-order valence-electron chi connectivity index (χ1n) is 4.95. The SMILES string of the molecule is CCOC(=O)C(=O)NC1CCCCN1. The molecule has 0 aromatic carbocycles. The third-order valence-electron chi connectivity index (χ3n) is 2.08. The van der Waals surface area contributed by atoms with Crippen LogP contribution in [0.5, 0.6) is 0 Å². The van der Waals surface area contributed by atoms with Crippen molar-refractivity contribution in [1.29, 1.82) is 0 Å². The van der Waals surface area contributed by atoms with Crippen molar-refractivity contribution in [3.05, 3.63) is 0 Å². The minimum absolute atomic E-state index is 0.0827. The summed E-state index contributed by atoms with van der Waals surface area (Å²) in [4.78, 5) is 22.1. The third-order valence-corrected chi connectivity index (χ3v) is 2.08. The van der Waals surface area contributed by atoms with Crippen LogP contribution in [0.4, 0.5) is 0 Å². The van der Waals surface area contributed by atoms with Gasteiger partial charge in [0, 0.05) is 0 Å². The fourth-order valence-corrected chi connectivity index (χ4v) is 1.39. The van der Waals surface area contributed by atoms with Crippen LogP contribution in [0, 0.1) is 0 Å². The number of piperidine rings is 1. The predicted molar refractivity (Wildman–Crippen MR) is 50.4 cm³/mol. The summed E-state index contributed by atoms with van der Waals surface area (Å²) in [5, 5.41) is 5.69. The van der Waals surface area contributed by atoms with Crippen molar-refractivity contribution < 1.29 is 14.3 Å². The molecule has 5 nitrogen and oxygen atoms in total. The van der Waals surface area contributed by atoms with Crippen LogP contribution in [0.25, 0.3) is 0 Å². The highest BCUT2D eigenvalue weighted by molar-refractivity contribution is 6.32. The van der Waals surface area contributed by atoms with Crippen molar-refractivity contribution in [3.8, 4) is 0 Å². The van der Waals surface area contributed by atoms with Crippen LogP contribution >= 0.6 is 0 Å². The summed E-state index contributed by atoms with van der Waals surface area (Å²) in [5.74, 6) is -1.47. The first-order chi connectivity index (χ1) is 6.74. The second kappa shape index (κ2) is 5.59. The molecule has 2 N–H and O–H groups in total. The Balaban J connectivity index is 2.28. The molecular weight excluding hydrogens is 184 g/mol. The van der Waals surface area contributed by atoms with Crippen LogP contribution in [-0.4, -0.2) is 31.2 Å². The van der Waals surface area contributed by atoms with Gasteiger partial charge in [0.15, 0.2) is 0 Å². The Kier molecular flexibility index (Phi) is 4.39. The van der Waals surface area contributed by atoms with Crippen molar-refractivity contribution in [2.24, 2.45) is 0 Å². The Bertz CT molecular complexity index is 212. The van der Waals surface area contributed by atoms with Gasteiger partial charge in [0.25, 0.3) is 0 Å². The van der Waals surface area contributed by atoms with Gasteiger partial charge in [0.05, 0.1) is 12.8 Å². The summed E-state index contributed by atoms with van der Waals surface area (Å²) in [6.45, 7) is 2.78. The Morgan fingerprint density at radius 1 is 1.50 bits per heavy atom. The summed E-state index contributed by atoms with van der Waals surface area (Å²) in [7, 11) is 0. The first kappa shape index (κ1) is 11.0. The monoisotopic (exact) mass is 200 g/mol. The van der Waals surface area contributed by atoms with E-state index >= 15 is 0 Å². The average molecular weight is 200 g/mol. The summed E-state index contributed by atoms with van der Waals surface area (Å²) in [5.41, 5.74) is 0. The van der Waals surface area contributed by atoms with Crippen molar-refractivity contribution in [3.63, 3.8) is 0 Å². The molecule has 80 valence electrons. The normalized spacial score (nSPS) is 21.4. The van der Waals surface area contributed by atoms with Crippen molar-refractivity contribution in [2.45, 2.75) is 32.4 Å². The summed E-state index contributed by atoms with van der Waals surface area (Å²) in [6, 6.07) is 0. The molecule has 1 fully saturated rings. The fourth-order valence-electron chi connectivity index (χ4n) is 1.39. The molecular formula is C9H16N2O3. The summed E-state index contributed by atoms with van der Waals surface area (Å²) in [6.07, 6.45) is 2.97. The van der Waals surface area contributed by atoms with E-state index in [0.717, 1.165) is 25.8 Å². The van der Waals surface area contributed by atoms with E-state index in [1.807, 2.05) is 0 Å². The standard InChI is InChI=1S/C9H16N2O3/c1-2-14-9(13)8(12)11-7-5-3-4-6-10-7/h7,10H,2-6H2,1H3,(H,11,12). The van der Waals surface area contributed by atoms with E-state index in [0.29, 0.717) is 0 Å². The maximum absolute atomic E-state index is 11.2. The minimum atomic E-state index is -0.806. The van der Waals surface area contributed by atoms with Gasteiger partial charge in [0.2, 0.25) is 0 Å². The van der Waals surface area contributed by atoms with Gasteiger partial charge in [-0.3, -0.25) is 10.1 Å². The van der Waals surface area contributed by atoms with E-state index in [9.17, 15) is 9.59 Å². The lowest BCUT2D eigenvalue weighted by molar-refractivity contribution is -0.155. The number of carbonyl (C=O) groups excluding carboxylic acids is 2. The predicted octanol–water partition coefficient (Wildman–Crippen LogP) is -0.235. The van der Waals surface area contributed by atoms with Crippen LogP contribution in [-0.2, 0) is 14.3 Å². The molecule has 1 atom stereocenters. The molecule has 1 saturated heterocycles. The number of hydrogen-bond donors (Lipinski definition) is 2. The minimum Gasteiger partial charge on any atom is -0.459 e. The Morgan fingerprint density at radius 2 is 2.29 bits per heavy atom. The first-order valence-corrected chi connectivity index (χ1v) is 4.95. The number of hydrogen-bond acceptors (Lipinski definition) is 4. The topological polar surface area (TPSA) is 67.4 Å². The Hall–Kier alpha value is -1.10. The lowest BCUT2D eigenvalue weighted by Gasteiger charge is -2.23. The average Bonchev–Trinajstić information content (AvgIpc) is 2.19. The largest absolute Gasteiger partial charge is 0.459 e. The van der Waals surface area contributed by atoms with Crippen LogP contribution in [0.3, 0.4) is 0 Å². The van der Waals surface area contributed by atoms with Crippen LogP contribution in [0.1, 0.15) is 26.2 Å². The summed E-state index contributed by atoms with van der Waals surface area (Å²) < 4.78 is 4.57. The van der Waals surface area contributed by atoms with Crippen LogP contribution in [0.2, 0.25) is 0 Å². The van der Waals surface area contributed by atoms with Crippen LogP contribution in [0.15, 0.2) is 0 Å². The molecule has 1 unspecified atom stereocenters. The van der Waals surface area contributed by atoms with E-state index in [1.165, 1.54) is 0 Å². The van der Waals surface area contributed by atoms with Gasteiger partial charge in [-0.25, -0.2) is 4.79 Å². The molecule has 5 heteroatoms. The van der Waals surface area contributed by atoms with E-state index in [4.69, 9.17) is 0 Å². The second-order valence-electron chi connectivity index (χ2n) is 3.20. The zero-order chi connectivity index (χ0) is 10.4. The van der Waals surface area contributed by atoms with E-state index in [1.54, 1.807) is 6.92 Å². The van der Waals surface area contributed by atoms with Crippen molar-refractivity contribution in [2.75, 3.05) is 13.2 Å². The number of amides is 1. The maximum Gasteiger partial charge on any atom is 0.396 e. The van der Waals surface area contributed by atoms with Gasteiger partial charge >= 0.3 is 11.9 Å². The molecule has 1 aliphatic rings. The number of ether oxygens (including phenoxy) is 1. The smallest absolute Gasteiger partial charge is 0.396 e. The van der Waals surface area contributed by atoms with Crippen molar-refractivity contribution >= 4 is 11.9 Å². The molecule has 0 spiro atoms. The highest BCUT2D eigenvalue weighted by Gasteiger charge is 2.20. The highest BCUT2D eigenvalue weighted by Crippen LogP contribution is 2.04. The van der Waals surface area contributed by atoms with Gasteiger partial charge < -0.3 is 10.1 Å². The van der Waals surface area contributed by atoms with Gasteiger partial charge in [0.1, 0.15) is 0 Å². The molecule has 0 bridgehead atoms. The number of esters is 1. The van der Waals surface area contributed by atoms with Gasteiger partial charge in [-0.1, -0.05) is 0 Å². The third kappa shape index (κ3) is 3.33. The number of carbonyl (C=O) groups is 2. The molecule has 0 radical (unpaired) electrons.